The summed E-state index contributed by atoms with van der Waals surface area (Å²) >= 11 is 3.46. The van der Waals surface area contributed by atoms with Crippen molar-refractivity contribution in [1.82, 2.24) is 0 Å². The Bertz CT molecular complexity index is 613. The quantitative estimate of drug-likeness (QED) is 0.873. The van der Waals surface area contributed by atoms with Gasteiger partial charge in [0.25, 0.3) is 0 Å². The van der Waals surface area contributed by atoms with E-state index >= 15 is 0 Å². The fourth-order valence-electron chi connectivity index (χ4n) is 2.11. The first-order valence-corrected chi connectivity index (χ1v) is 7.54. The first-order chi connectivity index (χ1) is 10.1. The number of hydrogen-bond donors (Lipinski definition) is 1. The Balaban J connectivity index is 2.04. The van der Waals surface area contributed by atoms with Crippen molar-refractivity contribution in [3.05, 3.63) is 64.1 Å². The molecule has 0 spiro atoms. The number of benzene rings is 2. The number of rotatable bonds is 6. The zero-order valence-corrected chi connectivity index (χ0v) is 13.5. The van der Waals surface area contributed by atoms with Crippen LogP contribution in [0.1, 0.15) is 11.1 Å². The van der Waals surface area contributed by atoms with E-state index in [0.29, 0.717) is 12.8 Å². The summed E-state index contributed by atoms with van der Waals surface area (Å²) in [7, 11) is 1.61. The summed E-state index contributed by atoms with van der Waals surface area (Å²) in [4.78, 5) is 12.3. The summed E-state index contributed by atoms with van der Waals surface area (Å²) in [5, 5.41) is 0. The van der Waals surface area contributed by atoms with Crippen LogP contribution >= 0.6 is 15.9 Å². The number of hydrogen-bond acceptors (Lipinski definition) is 3. The van der Waals surface area contributed by atoms with Crippen LogP contribution in [-0.2, 0) is 17.6 Å². The number of carbonyl (C=O) groups excluding carboxylic acids is 1. The molecule has 0 radical (unpaired) electrons. The van der Waals surface area contributed by atoms with E-state index in [2.05, 4.69) is 15.9 Å². The van der Waals surface area contributed by atoms with Crippen LogP contribution in [0.15, 0.2) is 53.0 Å². The molecule has 0 aliphatic carbocycles. The number of Topliss-reactive ketones (excluding diaryl/α,β-unsaturated/α-hetero) is 1. The van der Waals surface area contributed by atoms with E-state index < -0.39 is 6.04 Å². The Kier molecular flexibility index (Phi) is 5.53. The molecule has 2 aromatic carbocycles. The minimum absolute atomic E-state index is 0.0211. The molecule has 2 rings (SSSR count). The predicted molar refractivity (Wildman–Crippen MR) is 87.5 cm³/mol. The van der Waals surface area contributed by atoms with Gasteiger partial charge in [-0.3, -0.25) is 4.79 Å². The maximum absolute atomic E-state index is 12.3. The minimum atomic E-state index is -0.495. The van der Waals surface area contributed by atoms with Gasteiger partial charge in [-0.25, -0.2) is 0 Å². The minimum Gasteiger partial charge on any atom is -0.497 e. The molecule has 4 heteroatoms. The highest BCUT2D eigenvalue weighted by molar-refractivity contribution is 9.10. The van der Waals surface area contributed by atoms with Gasteiger partial charge in [0, 0.05) is 10.9 Å². The lowest BCUT2D eigenvalue weighted by molar-refractivity contribution is -0.119. The van der Waals surface area contributed by atoms with Gasteiger partial charge in [-0.2, -0.15) is 0 Å². The van der Waals surface area contributed by atoms with Crippen molar-refractivity contribution in [2.24, 2.45) is 5.73 Å². The highest BCUT2D eigenvalue weighted by Crippen LogP contribution is 2.23. The van der Waals surface area contributed by atoms with Crippen molar-refractivity contribution < 1.29 is 9.53 Å². The molecule has 0 saturated carbocycles. The van der Waals surface area contributed by atoms with Gasteiger partial charge in [0.1, 0.15) is 5.75 Å². The van der Waals surface area contributed by atoms with Crippen LogP contribution in [-0.4, -0.2) is 18.9 Å². The highest BCUT2D eigenvalue weighted by Gasteiger charge is 2.16. The smallest absolute Gasteiger partial charge is 0.154 e. The Hall–Kier alpha value is -1.65. The standard InChI is InChI=1S/C17H18BrNO2/c1-21-14-7-8-15(18)13(10-14)11-17(20)16(19)9-12-5-3-2-4-6-12/h2-8,10,16H,9,11,19H2,1H3. The zero-order valence-electron chi connectivity index (χ0n) is 11.9. The second kappa shape index (κ2) is 7.38. The van der Waals surface area contributed by atoms with Crippen molar-refractivity contribution >= 4 is 21.7 Å². The van der Waals surface area contributed by atoms with E-state index in [1.165, 1.54) is 0 Å². The monoisotopic (exact) mass is 347 g/mol. The number of nitrogens with two attached hydrogens (primary N) is 1. The van der Waals surface area contributed by atoms with Gasteiger partial charge in [-0.05, 0) is 35.7 Å². The molecular weight excluding hydrogens is 330 g/mol. The molecule has 21 heavy (non-hydrogen) atoms. The SMILES string of the molecule is COc1ccc(Br)c(CC(=O)C(N)Cc2ccccc2)c1. The zero-order chi connectivity index (χ0) is 15.2. The number of carbonyl (C=O) groups is 1. The van der Waals surface area contributed by atoms with Crippen LogP contribution in [0.2, 0.25) is 0 Å². The lowest BCUT2D eigenvalue weighted by atomic mass is 9.98. The first kappa shape index (κ1) is 15.7. The van der Waals surface area contributed by atoms with Crippen LogP contribution in [0, 0.1) is 0 Å². The van der Waals surface area contributed by atoms with E-state index in [4.69, 9.17) is 10.5 Å². The molecule has 1 unspecified atom stereocenters. The first-order valence-electron chi connectivity index (χ1n) is 6.75. The number of ketones is 1. The molecule has 0 amide bonds. The summed E-state index contributed by atoms with van der Waals surface area (Å²) in [6.45, 7) is 0. The molecule has 110 valence electrons. The fraction of sp³-hybridized carbons (Fsp3) is 0.235. The van der Waals surface area contributed by atoms with Crippen molar-refractivity contribution in [3.8, 4) is 5.75 Å². The Labute approximate surface area is 133 Å². The Morgan fingerprint density at radius 1 is 1.24 bits per heavy atom. The molecular formula is C17H18BrNO2. The van der Waals surface area contributed by atoms with E-state index in [1.54, 1.807) is 7.11 Å². The average molecular weight is 348 g/mol. The highest BCUT2D eigenvalue weighted by atomic mass is 79.9. The van der Waals surface area contributed by atoms with Crippen LogP contribution in [0.3, 0.4) is 0 Å². The summed E-state index contributed by atoms with van der Waals surface area (Å²) in [6.07, 6.45) is 0.854. The van der Waals surface area contributed by atoms with E-state index in [1.807, 2.05) is 48.5 Å². The summed E-state index contributed by atoms with van der Waals surface area (Å²) < 4.78 is 6.08. The molecule has 1 atom stereocenters. The maximum atomic E-state index is 12.3. The summed E-state index contributed by atoms with van der Waals surface area (Å²) in [5.74, 6) is 0.755. The van der Waals surface area contributed by atoms with Gasteiger partial charge in [0.15, 0.2) is 5.78 Å². The molecule has 2 aromatic rings. The molecule has 0 aliphatic heterocycles. The van der Waals surface area contributed by atoms with Crippen LogP contribution in [0.5, 0.6) is 5.75 Å². The Morgan fingerprint density at radius 2 is 1.95 bits per heavy atom. The third kappa shape index (κ3) is 4.41. The van der Waals surface area contributed by atoms with Crippen molar-refractivity contribution in [1.29, 1.82) is 0 Å². The summed E-state index contributed by atoms with van der Waals surface area (Å²) in [5.41, 5.74) is 7.99. The molecule has 0 heterocycles. The van der Waals surface area contributed by atoms with Gasteiger partial charge in [0.05, 0.1) is 13.2 Å². The molecule has 3 nitrogen and oxygen atoms in total. The third-order valence-electron chi connectivity index (χ3n) is 3.33. The third-order valence-corrected chi connectivity index (χ3v) is 4.10. The molecule has 2 N–H and O–H groups in total. The summed E-state index contributed by atoms with van der Waals surface area (Å²) in [6, 6.07) is 14.9. The van der Waals surface area contributed by atoms with Gasteiger partial charge in [-0.15, -0.1) is 0 Å². The topological polar surface area (TPSA) is 52.3 Å². The largest absolute Gasteiger partial charge is 0.497 e. The van der Waals surface area contributed by atoms with E-state index in [0.717, 1.165) is 21.3 Å². The van der Waals surface area contributed by atoms with Crippen LogP contribution in [0.4, 0.5) is 0 Å². The van der Waals surface area contributed by atoms with Gasteiger partial charge >= 0.3 is 0 Å². The van der Waals surface area contributed by atoms with Crippen LogP contribution in [0.25, 0.3) is 0 Å². The Morgan fingerprint density at radius 3 is 2.62 bits per heavy atom. The van der Waals surface area contributed by atoms with Crippen molar-refractivity contribution in [3.63, 3.8) is 0 Å². The predicted octanol–water partition coefficient (Wildman–Crippen LogP) is 3.14. The van der Waals surface area contributed by atoms with Crippen molar-refractivity contribution in [2.45, 2.75) is 18.9 Å². The van der Waals surface area contributed by atoms with Gasteiger partial charge < -0.3 is 10.5 Å². The normalized spacial score (nSPS) is 12.0. The second-order valence-corrected chi connectivity index (χ2v) is 5.75. The fourth-order valence-corrected chi connectivity index (χ4v) is 2.50. The van der Waals surface area contributed by atoms with Gasteiger partial charge in [-0.1, -0.05) is 46.3 Å². The van der Waals surface area contributed by atoms with Gasteiger partial charge in [0.2, 0.25) is 0 Å². The van der Waals surface area contributed by atoms with Crippen molar-refractivity contribution in [2.75, 3.05) is 7.11 Å². The molecule has 0 saturated heterocycles. The number of methoxy groups -OCH3 is 1. The van der Waals surface area contributed by atoms with E-state index in [9.17, 15) is 4.79 Å². The van der Waals surface area contributed by atoms with E-state index in [-0.39, 0.29) is 5.78 Å². The number of halogens is 1. The maximum Gasteiger partial charge on any atom is 0.154 e. The molecule has 0 fully saturated rings. The van der Waals surface area contributed by atoms with Crippen LogP contribution < -0.4 is 10.5 Å². The molecule has 0 aliphatic rings. The average Bonchev–Trinajstić information content (AvgIpc) is 2.50. The molecule has 0 aromatic heterocycles. The lowest BCUT2D eigenvalue weighted by Gasteiger charge is -2.12. The second-order valence-electron chi connectivity index (χ2n) is 4.90. The lowest BCUT2D eigenvalue weighted by Crippen LogP contribution is -2.34. The molecule has 0 bridgehead atoms. The number of ether oxygens (including phenoxy) is 1.